The zero-order valence-electron chi connectivity index (χ0n) is 16.6. The number of carbonyl (C=O) groups excluding carboxylic acids is 2. The number of hydrogen-bond donors (Lipinski definition) is 0. The van der Waals surface area contributed by atoms with Gasteiger partial charge in [-0.2, -0.15) is 0 Å². The van der Waals surface area contributed by atoms with E-state index in [9.17, 15) is 19.7 Å². The third-order valence-corrected chi connectivity index (χ3v) is 5.87. The molecule has 0 atom stereocenters. The number of benzene rings is 1. The first-order chi connectivity index (χ1) is 14.5. The smallest absolute Gasteiger partial charge is 0.292 e. The van der Waals surface area contributed by atoms with E-state index in [0.29, 0.717) is 63.6 Å². The minimum atomic E-state index is -0.365. The van der Waals surface area contributed by atoms with E-state index >= 15 is 0 Å². The molecule has 0 radical (unpaired) electrons. The van der Waals surface area contributed by atoms with Gasteiger partial charge < -0.3 is 19.1 Å². The summed E-state index contributed by atoms with van der Waals surface area (Å²) in [6.07, 6.45) is 2.80. The molecule has 2 saturated heterocycles. The van der Waals surface area contributed by atoms with Crippen molar-refractivity contribution in [1.82, 2.24) is 9.80 Å². The number of nitro groups is 1. The van der Waals surface area contributed by atoms with Crippen molar-refractivity contribution < 1.29 is 18.9 Å². The van der Waals surface area contributed by atoms with Crippen LogP contribution >= 0.6 is 0 Å². The Hall–Kier alpha value is -3.36. The number of amides is 2. The van der Waals surface area contributed by atoms with Gasteiger partial charge in [-0.05, 0) is 31.0 Å². The van der Waals surface area contributed by atoms with E-state index in [0.717, 1.165) is 0 Å². The van der Waals surface area contributed by atoms with Crippen LogP contribution in [0, 0.1) is 16.0 Å². The lowest BCUT2D eigenvalue weighted by Gasteiger charge is -2.38. The molecule has 1 aromatic carbocycles. The van der Waals surface area contributed by atoms with Crippen molar-refractivity contribution in [3.8, 4) is 0 Å². The fourth-order valence-electron chi connectivity index (χ4n) is 4.20. The summed E-state index contributed by atoms with van der Waals surface area (Å²) in [5, 5.41) is 11.3. The molecular formula is C21H24N4O5. The second-order valence-electron chi connectivity index (χ2n) is 7.60. The third kappa shape index (κ3) is 4.00. The number of furan rings is 1. The second-order valence-corrected chi connectivity index (χ2v) is 7.60. The molecule has 30 heavy (non-hydrogen) atoms. The van der Waals surface area contributed by atoms with Gasteiger partial charge in [0, 0.05) is 51.3 Å². The lowest BCUT2D eigenvalue weighted by molar-refractivity contribution is -0.384. The largest absolute Gasteiger partial charge is 0.459 e. The summed E-state index contributed by atoms with van der Waals surface area (Å²) in [5.74, 6) is 0.195. The summed E-state index contributed by atoms with van der Waals surface area (Å²) in [4.78, 5) is 41.8. The molecule has 3 heterocycles. The normalized spacial score (nSPS) is 17.8. The van der Waals surface area contributed by atoms with Crippen LogP contribution in [0.5, 0.6) is 0 Å². The van der Waals surface area contributed by atoms with Gasteiger partial charge in [-0.3, -0.25) is 19.7 Å². The maximum Gasteiger partial charge on any atom is 0.292 e. The van der Waals surface area contributed by atoms with Crippen LogP contribution in [0.3, 0.4) is 0 Å². The number of nitrogens with zero attached hydrogens (tertiary/aromatic N) is 4. The molecule has 9 heteroatoms. The first kappa shape index (κ1) is 19.9. The minimum absolute atomic E-state index is 0.0867. The van der Waals surface area contributed by atoms with Gasteiger partial charge in [0.1, 0.15) is 5.69 Å². The van der Waals surface area contributed by atoms with Crippen LogP contribution in [0.2, 0.25) is 0 Å². The predicted molar refractivity (Wildman–Crippen MR) is 109 cm³/mol. The standard InChI is InChI=1S/C21H24N4O5/c26-20(23-11-13-24(14-12-23)21(27)19-6-3-15-30-19)16-7-9-22(10-8-16)17-4-1-2-5-18(17)25(28)29/h1-6,15-16H,7-14H2. The van der Waals surface area contributed by atoms with Crippen molar-refractivity contribution in [3.05, 3.63) is 58.5 Å². The first-order valence-corrected chi connectivity index (χ1v) is 10.1. The Kier molecular flexibility index (Phi) is 5.69. The molecular weight excluding hydrogens is 388 g/mol. The van der Waals surface area contributed by atoms with Gasteiger partial charge >= 0.3 is 0 Å². The van der Waals surface area contributed by atoms with E-state index in [4.69, 9.17) is 4.42 Å². The van der Waals surface area contributed by atoms with Crippen LogP contribution in [0.15, 0.2) is 47.1 Å². The first-order valence-electron chi connectivity index (χ1n) is 10.1. The number of piperidine rings is 1. The Morgan fingerprint density at radius 2 is 1.60 bits per heavy atom. The number of nitro benzene ring substituents is 1. The van der Waals surface area contributed by atoms with Gasteiger partial charge in [0.05, 0.1) is 11.2 Å². The molecule has 2 fully saturated rings. The molecule has 0 bridgehead atoms. The third-order valence-electron chi connectivity index (χ3n) is 5.87. The number of anilines is 1. The van der Waals surface area contributed by atoms with Crippen molar-refractivity contribution in [2.24, 2.45) is 5.92 Å². The average Bonchev–Trinajstić information content (AvgIpc) is 3.33. The fraction of sp³-hybridized carbons (Fsp3) is 0.429. The highest BCUT2D eigenvalue weighted by Crippen LogP contribution is 2.31. The van der Waals surface area contributed by atoms with E-state index in [1.165, 1.54) is 12.3 Å². The monoisotopic (exact) mass is 412 g/mol. The Bertz CT molecular complexity index is 913. The molecule has 0 saturated carbocycles. The van der Waals surface area contributed by atoms with Gasteiger partial charge in [0.15, 0.2) is 5.76 Å². The highest BCUT2D eigenvalue weighted by Gasteiger charge is 2.33. The predicted octanol–water partition coefficient (Wildman–Crippen LogP) is 2.39. The van der Waals surface area contributed by atoms with Crippen LogP contribution in [0.25, 0.3) is 0 Å². The molecule has 0 unspecified atom stereocenters. The highest BCUT2D eigenvalue weighted by atomic mass is 16.6. The van der Waals surface area contributed by atoms with Crippen molar-refractivity contribution in [2.75, 3.05) is 44.2 Å². The van der Waals surface area contributed by atoms with E-state index in [1.54, 1.807) is 35.2 Å². The molecule has 0 spiro atoms. The molecule has 0 aliphatic carbocycles. The maximum atomic E-state index is 13.0. The molecule has 2 aromatic rings. The molecule has 4 rings (SSSR count). The summed E-state index contributed by atoms with van der Waals surface area (Å²) in [7, 11) is 0. The van der Waals surface area contributed by atoms with Gasteiger partial charge in [-0.1, -0.05) is 12.1 Å². The lowest BCUT2D eigenvalue weighted by atomic mass is 9.94. The summed E-state index contributed by atoms with van der Waals surface area (Å²) < 4.78 is 5.17. The van der Waals surface area contributed by atoms with Gasteiger partial charge in [0.25, 0.3) is 11.6 Å². The van der Waals surface area contributed by atoms with Crippen molar-refractivity contribution >= 4 is 23.2 Å². The Morgan fingerprint density at radius 3 is 2.23 bits per heavy atom. The molecule has 2 aliphatic heterocycles. The molecule has 2 aliphatic rings. The zero-order valence-corrected chi connectivity index (χ0v) is 16.6. The van der Waals surface area contributed by atoms with Gasteiger partial charge in [-0.15, -0.1) is 0 Å². The highest BCUT2D eigenvalue weighted by molar-refractivity contribution is 5.91. The Labute approximate surface area is 174 Å². The van der Waals surface area contributed by atoms with E-state index < -0.39 is 0 Å². The number of rotatable bonds is 4. The summed E-state index contributed by atoms with van der Waals surface area (Å²) in [6.45, 7) is 3.21. The molecule has 0 N–H and O–H groups in total. The Balaban J connectivity index is 1.30. The number of piperazine rings is 1. The number of hydrogen-bond acceptors (Lipinski definition) is 6. The van der Waals surface area contributed by atoms with Gasteiger partial charge in [0.2, 0.25) is 5.91 Å². The van der Waals surface area contributed by atoms with Gasteiger partial charge in [-0.25, -0.2) is 0 Å². The maximum absolute atomic E-state index is 13.0. The molecule has 1 aromatic heterocycles. The minimum Gasteiger partial charge on any atom is -0.459 e. The number of carbonyl (C=O) groups is 2. The second kappa shape index (κ2) is 8.56. The van der Waals surface area contributed by atoms with Crippen molar-refractivity contribution in [3.63, 3.8) is 0 Å². The number of para-hydroxylation sites is 2. The molecule has 2 amide bonds. The quantitative estimate of drug-likeness (QED) is 0.565. The topological polar surface area (TPSA) is 100 Å². The summed E-state index contributed by atoms with van der Waals surface area (Å²) >= 11 is 0. The molecule has 9 nitrogen and oxygen atoms in total. The summed E-state index contributed by atoms with van der Waals surface area (Å²) in [6, 6.07) is 10.1. The lowest BCUT2D eigenvalue weighted by Crippen LogP contribution is -2.53. The summed E-state index contributed by atoms with van der Waals surface area (Å²) in [5.41, 5.74) is 0.707. The molecule has 158 valence electrons. The van der Waals surface area contributed by atoms with Crippen LogP contribution < -0.4 is 4.90 Å². The van der Waals surface area contributed by atoms with Crippen LogP contribution in [0.4, 0.5) is 11.4 Å². The van der Waals surface area contributed by atoms with Crippen molar-refractivity contribution in [1.29, 1.82) is 0 Å². The van der Waals surface area contributed by atoms with Crippen LogP contribution in [0.1, 0.15) is 23.4 Å². The zero-order chi connectivity index (χ0) is 21.1. The van der Waals surface area contributed by atoms with E-state index in [1.807, 2.05) is 9.80 Å². The Morgan fingerprint density at radius 1 is 0.933 bits per heavy atom. The SMILES string of the molecule is O=C(c1ccco1)N1CCN(C(=O)C2CCN(c3ccccc3[N+](=O)[O-])CC2)CC1. The van der Waals surface area contributed by atoms with Crippen LogP contribution in [-0.2, 0) is 4.79 Å². The average molecular weight is 412 g/mol. The van der Waals surface area contributed by atoms with E-state index in [2.05, 4.69) is 0 Å². The van der Waals surface area contributed by atoms with Crippen LogP contribution in [-0.4, -0.2) is 65.8 Å². The fourth-order valence-corrected chi connectivity index (χ4v) is 4.20. The van der Waals surface area contributed by atoms with E-state index in [-0.39, 0.29) is 28.3 Å². The van der Waals surface area contributed by atoms with Crippen molar-refractivity contribution in [2.45, 2.75) is 12.8 Å².